The van der Waals surface area contributed by atoms with Gasteiger partial charge in [0.15, 0.2) is 5.82 Å². The van der Waals surface area contributed by atoms with Crippen LogP contribution in [0.15, 0.2) is 36.4 Å². The Morgan fingerprint density at radius 3 is 2.28 bits per heavy atom. The molecule has 0 saturated carbocycles. The molecule has 2 aromatic rings. The Hall–Kier alpha value is -3.18. The molecule has 4 N–H and O–H groups in total. The first-order valence-corrected chi connectivity index (χ1v) is 14.8. The molecule has 1 aliphatic heterocycles. The monoisotopic (exact) mass is 561 g/mol. The number of carbonyl (C=O) groups excluding carboxylic acids is 2. The fourth-order valence-corrected chi connectivity index (χ4v) is 5.00. The zero-order valence-corrected chi connectivity index (χ0v) is 23.1. The molecule has 1 atom stereocenters. The molecule has 1 aliphatic rings. The summed E-state index contributed by atoms with van der Waals surface area (Å²) < 4.78 is 11.9. The van der Waals surface area contributed by atoms with Crippen LogP contribution in [-0.4, -0.2) is 97.4 Å². The molecular formula is C26H36N5O7P. The van der Waals surface area contributed by atoms with Gasteiger partial charge in [0.25, 0.3) is 5.91 Å². The summed E-state index contributed by atoms with van der Waals surface area (Å²) in [5, 5.41) is 11.3. The van der Waals surface area contributed by atoms with E-state index in [1.807, 2.05) is 44.2 Å². The van der Waals surface area contributed by atoms with E-state index >= 15 is 0 Å². The molecule has 0 bridgehead atoms. The topological polar surface area (TPSA) is 173 Å². The Morgan fingerprint density at radius 1 is 1.03 bits per heavy atom. The standard InChI is InChI=1S/C26H36N5O7P/c1-18(2)20-16-21(28-24(27-20)19-8-4-3-5-9-19)25(34)29-22(17-39(36,37)38)26(35)31-14-12-30(13-15-31)11-7-6-10-23(32)33/h3-5,8-9,16,18,22H,6-7,10-15,17H2,1-2H3,(H,29,34)(H,32,33)(H2,36,37,38)/t22-/m0/s1. The zero-order valence-electron chi connectivity index (χ0n) is 22.2. The Kier molecular flexibility index (Phi) is 10.7. The summed E-state index contributed by atoms with van der Waals surface area (Å²) in [6, 6.07) is 9.21. The van der Waals surface area contributed by atoms with Crippen molar-refractivity contribution in [2.75, 3.05) is 38.9 Å². The number of unbranched alkanes of at least 4 members (excludes halogenated alkanes) is 1. The number of carboxylic acid groups (broad SMARTS) is 1. The van der Waals surface area contributed by atoms with E-state index in [4.69, 9.17) is 5.11 Å². The lowest BCUT2D eigenvalue weighted by Crippen LogP contribution is -2.56. The van der Waals surface area contributed by atoms with E-state index in [-0.39, 0.29) is 18.0 Å². The maximum absolute atomic E-state index is 13.3. The molecule has 2 amide bonds. The van der Waals surface area contributed by atoms with Gasteiger partial charge >= 0.3 is 13.6 Å². The first-order valence-electron chi connectivity index (χ1n) is 13.0. The number of amides is 2. The molecule has 3 rings (SSSR count). The molecule has 0 aliphatic carbocycles. The van der Waals surface area contributed by atoms with Gasteiger partial charge in [0.05, 0.1) is 6.16 Å². The third-order valence-electron chi connectivity index (χ3n) is 6.42. The second-order valence-electron chi connectivity index (χ2n) is 9.91. The van der Waals surface area contributed by atoms with E-state index < -0.39 is 37.6 Å². The first-order chi connectivity index (χ1) is 18.4. The number of hydrogen-bond donors (Lipinski definition) is 4. The second-order valence-corrected chi connectivity index (χ2v) is 11.6. The van der Waals surface area contributed by atoms with Gasteiger partial charge in [0, 0.05) is 43.9 Å². The van der Waals surface area contributed by atoms with Gasteiger partial charge < -0.3 is 25.1 Å². The second kappa shape index (κ2) is 13.7. The van der Waals surface area contributed by atoms with Gasteiger partial charge in [-0.2, -0.15) is 0 Å². The third kappa shape index (κ3) is 9.50. The van der Waals surface area contributed by atoms with Crippen LogP contribution in [0.2, 0.25) is 0 Å². The SMILES string of the molecule is CC(C)c1cc(C(=O)N[C@@H](CP(=O)(O)O)C(=O)N2CCN(CCCCC(=O)O)CC2)nc(-c2ccccc2)n1. The molecule has 1 aromatic heterocycles. The summed E-state index contributed by atoms with van der Waals surface area (Å²) in [6.07, 6.45) is 0.568. The summed E-state index contributed by atoms with van der Waals surface area (Å²) in [4.78, 5) is 69.1. The molecule has 212 valence electrons. The average molecular weight is 562 g/mol. The first kappa shape index (κ1) is 30.4. The van der Waals surface area contributed by atoms with E-state index in [1.54, 1.807) is 0 Å². The zero-order chi connectivity index (χ0) is 28.6. The number of piperazine rings is 1. The Balaban J connectivity index is 1.72. The number of benzene rings is 1. The summed E-state index contributed by atoms with van der Waals surface area (Å²) in [7, 11) is -4.65. The van der Waals surface area contributed by atoms with Crippen LogP contribution >= 0.6 is 7.60 Å². The van der Waals surface area contributed by atoms with Gasteiger partial charge in [-0.1, -0.05) is 44.2 Å². The van der Waals surface area contributed by atoms with Gasteiger partial charge in [-0.05, 0) is 31.4 Å². The third-order valence-corrected chi connectivity index (χ3v) is 7.27. The van der Waals surface area contributed by atoms with E-state index in [0.29, 0.717) is 56.2 Å². The van der Waals surface area contributed by atoms with Crippen molar-refractivity contribution in [3.05, 3.63) is 47.8 Å². The van der Waals surface area contributed by atoms with Crippen molar-refractivity contribution in [1.29, 1.82) is 0 Å². The van der Waals surface area contributed by atoms with E-state index in [0.717, 1.165) is 6.42 Å². The van der Waals surface area contributed by atoms with Crippen LogP contribution in [0.1, 0.15) is 55.2 Å². The van der Waals surface area contributed by atoms with Crippen LogP contribution in [0.4, 0.5) is 0 Å². The molecule has 12 nitrogen and oxygen atoms in total. The quantitative estimate of drug-likeness (QED) is 0.222. The summed E-state index contributed by atoms with van der Waals surface area (Å²) >= 11 is 0. The van der Waals surface area contributed by atoms with Crippen LogP contribution in [0.3, 0.4) is 0 Å². The molecule has 2 heterocycles. The Bertz CT molecular complexity index is 1200. The van der Waals surface area contributed by atoms with Crippen molar-refractivity contribution < 1.29 is 33.8 Å². The largest absolute Gasteiger partial charge is 0.481 e. The minimum absolute atomic E-state index is 0.00208. The molecular weight excluding hydrogens is 525 g/mol. The molecule has 1 aromatic carbocycles. The molecule has 1 fully saturated rings. The lowest BCUT2D eigenvalue weighted by molar-refractivity contribution is -0.137. The molecule has 1 saturated heterocycles. The fourth-order valence-electron chi connectivity index (χ4n) is 4.27. The van der Waals surface area contributed by atoms with E-state index in [2.05, 4.69) is 20.2 Å². The molecule has 0 radical (unpaired) electrons. The number of carboxylic acids is 1. The lowest BCUT2D eigenvalue weighted by atomic mass is 10.1. The predicted octanol–water partition coefficient (Wildman–Crippen LogP) is 1.94. The van der Waals surface area contributed by atoms with Gasteiger partial charge in [0.1, 0.15) is 11.7 Å². The highest BCUT2D eigenvalue weighted by atomic mass is 31.2. The van der Waals surface area contributed by atoms with E-state index in [1.165, 1.54) is 11.0 Å². The smallest absolute Gasteiger partial charge is 0.328 e. The van der Waals surface area contributed by atoms with Crippen molar-refractivity contribution >= 4 is 25.4 Å². The molecule has 0 unspecified atom stereocenters. The van der Waals surface area contributed by atoms with Gasteiger partial charge in [-0.3, -0.25) is 23.8 Å². The molecule has 13 heteroatoms. The van der Waals surface area contributed by atoms with Crippen LogP contribution in [0.25, 0.3) is 11.4 Å². The van der Waals surface area contributed by atoms with Crippen LogP contribution in [0.5, 0.6) is 0 Å². The van der Waals surface area contributed by atoms with Gasteiger partial charge in [-0.15, -0.1) is 0 Å². The summed E-state index contributed by atoms with van der Waals surface area (Å²) in [5.74, 6) is -1.81. The van der Waals surface area contributed by atoms with Gasteiger partial charge in [-0.25, -0.2) is 9.97 Å². The number of nitrogens with zero attached hydrogens (tertiary/aromatic N) is 4. The number of hydrogen-bond acceptors (Lipinski definition) is 7. The normalized spacial score (nSPS) is 15.3. The number of aromatic nitrogens is 2. The van der Waals surface area contributed by atoms with Crippen molar-refractivity contribution in [3.8, 4) is 11.4 Å². The minimum Gasteiger partial charge on any atom is -0.481 e. The average Bonchev–Trinajstić information content (AvgIpc) is 2.90. The van der Waals surface area contributed by atoms with E-state index in [9.17, 15) is 28.7 Å². The van der Waals surface area contributed by atoms with Crippen LogP contribution in [0, 0.1) is 0 Å². The number of rotatable bonds is 12. The predicted molar refractivity (Wildman–Crippen MR) is 144 cm³/mol. The van der Waals surface area contributed by atoms with Crippen molar-refractivity contribution in [2.45, 2.75) is 45.1 Å². The fraction of sp³-hybridized carbons (Fsp3) is 0.500. The molecule has 39 heavy (non-hydrogen) atoms. The number of carbonyl (C=O) groups is 3. The lowest BCUT2D eigenvalue weighted by Gasteiger charge is -2.36. The maximum Gasteiger partial charge on any atom is 0.328 e. The van der Waals surface area contributed by atoms with Crippen LogP contribution in [-0.2, 0) is 14.2 Å². The van der Waals surface area contributed by atoms with Gasteiger partial charge in [0.2, 0.25) is 5.91 Å². The van der Waals surface area contributed by atoms with Crippen molar-refractivity contribution in [2.24, 2.45) is 0 Å². The Morgan fingerprint density at radius 2 is 1.69 bits per heavy atom. The Labute approximate surface area is 227 Å². The number of nitrogens with one attached hydrogen (secondary N) is 1. The minimum atomic E-state index is -4.65. The summed E-state index contributed by atoms with van der Waals surface area (Å²) in [6.45, 7) is 6.28. The highest BCUT2D eigenvalue weighted by Gasteiger charge is 2.34. The van der Waals surface area contributed by atoms with Crippen molar-refractivity contribution in [3.63, 3.8) is 0 Å². The van der Waals surface area contributed by atoms with Crippen LogP contribution < -0.4 is 5.32 Å². The molecule has 0 spiro atoms. The highest BCUT2D eigenvalue weighted by Crippen LogP contribution is 2.35. The summed E-state index contributed by atoms with van der Waals surface area (Å²) in [5.41, 5.74) is 1.33. The maximum atomic E-state index is 13.3. The van der Waals surface area contributed by atoms with Crippen molar-refractivity contribution in [1.82, 2.24) is 25.1 Å². The highest BCUT2D eigenvalue weighted by molar-refractivity contribution is 7.51. The number of aliphatic carboxylic acids is 1.